The van der Waals surface area contributed by atoms with Crippen molar-refractivity contribution in [1.82, 2.24) is 9.97 Å². The lowest BCUT2D eigenvalue weighted by Crippen LogP contribution is -2.18. The van der Waals surface area contributed by atoms with Crippen molar-refractivity contribution in [2.45, 2.75) is 60.8 Å². The predicted octanol–water partition coefficient (Wildman–Crippen LogP) is 6.51. The number of carbonyl (C=O) groups excluding carboxylic acids is 2. The van der Waals surface area contributed by atoms with Gasteiger partial charge in [-0.2, -0.15) is 0 Å². The Labute approximate surface area is 201 Å². The molecule has 0 radical (unpaired) electrons. The highest BCUT2D eigenvalue weighted by atomic mass is 79.9. The van der Waals surface area contributed by atoms with E-state index < -0.39 is 11.4 Å². The molecule has 0 aromatic carbocycles. The lowest BCUT2D eigenvalue weighted by molar-refractivity contribution is -0.145. The summed E-state index contributed by atoms with van der Waals surface area (Å²) in [6, 6.07) is 9.06. The quantitative estimate of drug-likeness (QED) is 0.334. The van der Waals surface area contributed by atoms with Crippen molar-refractivity contribution in [3.05, 3.63) is 56.5 Å². The van der Waals surface area contributed by atoms with Gasteiger partial charge in [-0.05, 0) is 87.9 Å². The number of carbonyl (C=O) groups is 3. The highest BCUT2D eigenvalue weighted by molar-refractivity contribution is 9.10. The van der Waals surface area contributed by atoms with Crippen LogP contribution in [-0.4, -0.2) is 32.6 Å². The molecule has 0 aliphatic heterocycles. The summed E-state index contributed by atoms with van der Waals surface area (Å²) in [5.41, 5.74) is 1.58. The van der Waals surface area contributed by atoms with Gasteiger partial charge in [-0.1, -0.05) is 26.8 Å². The summed E-state index contributed by atoms with van der Waals surface area (Å²) in [6.07, 6.45) is 0. The maximum atomic E-state index is 11.2. The number of Topliss-reactive ketones (excluding diaryl/α,β-unsaturated/α-hetero) is 2. The van der Waals surface area contributed by atoms with E-state index >= 15 is 0 Å². The zero-order valence-electron chi connectivity index (χ0n) is 19.2. The first-order chi connectivity index (χ1) is 13.9. The Bertz CT molecular complexity index is 930. The smallest absolute Gasteiger partial charge is 0.308 e. The molecule has 1 N–H and O–H groups in total. The van der Waals surface area contributed by atoms with Crippen molar-refractivity contribution in [2.75, 3.05) is 0 Å². The molecule has 0 unspecified atom stereocenters. The van der Waals surface area contributed by atoms with Gasteiger partial charge in [0.05, 0.1) is 5.41 Å². The monoisotopic (exact) mass is 556 g/mol. The van der Waals surface area contributed by atoms with Gasteiger partial charge < -0.3 is 5.11 Å². The number of rotatable bonds is 2. The molecule has 0 bridgehead atoms. The Morgan fingerprint density at radius 1 is 0.806 bits per heavy atom. The molecule has 8 heteroatoms. The van der Waals surface area contributed by atoms with Crippen LogP contribution in [0.15, 0.2) is 39.5 Å². The average molecular weight is 558 g/mol. The fourth-order valence-corrected chi connectivity index (χ4v) is 2.50. The number of carboxylic acids is 1. The summed E-state index contributed by atoms with van der Waals surface area (Å²) in [4.78, 5) is 40.0. The average Bonchev–Trinajstić information content (AvgIpc) is 2.60. The van der Waals surface area contributed by atoms with E-state index in [4.69, 9.17) is 5.11 Å². The van der Waals surface area contributed by atoms with Crippen LogP contribution in [0.4, 0.5) is 0 Å². The van der Waals surface area contributed by atoms with Crippen LogP contribution in [0, 0.1) is 5.41 Å². The molecular weight excluding hydrogens is 528 g/mol. The second-order valence-corrected chi connectivity index (χ2v) is 10.5. The maximum absolute atomic E-state index is 11.2. The number of aliphatic carboxylic acids is 1. The minimum absolute atomic E-state index is 0.00296. The third-order valence-corrected chi connectivity index (χ3v) is 4.59. The molecule has 0 fully saturated rings. The third-order valence-electron chi connectivity index (χ3n) is 3.74. The van der Waals surface area contributed by atoms with E-state index in [1.807, 2.05) is 12.1 Å². The van der Waals surface area contributed by atoms with E-state index in [1.54, 1.807) is 39.0 Å². The zero-order valence-corrected chi connectivity index (χ0v) is 22.4. The standard InChI is InChI=1S/C11H14BrNO.C7H6BrNO.C5H10O2/c1-7(14)9-5-8(11(2,3)4)6-10(12)13-9;1-5(10)6-3-2-4-7(8)9-6;1-5(2,3)4(6)7/h5-6H,1-4H3;2-4H,1H3;1-3H3,(H,6,7). The normalized spacial score (nSPS) is 10.8. The van der Waals surface area contributed by atoms with Crippen LogP contribution in [0.1, 0.15) is 81.9 Å². The van der Waals surface area contributed by atoms with Gasteiger partial charge in [0, 0.05) is 13.8 Å². The highest BCUT2D eigenvalue weighted by Crippen LogP contribution is 2.25. The highest BCUT2D eigenvalue weighted by Gasteiger charge is 2.19. The summed E-state index contributed by atoms with van der Waals surface area (Å²) >= 11 is 6.48. The number of aromatic nitrogens is 2. The fourth-order valence-electron chi connectivity index (χ4n) is 1.71. The molecule has 0 aliphatic carbocycles. The van der Waals surface area contributed by atoms with Crippen LogP contribution in [0.3, 0.4) is 0 Å². The number of carboxylic acid groups (broad SMARTS) is 1. The molecule has 6 nitrogen and oxygen atoms in total. The molecule has 2 rings (SSSR count). The van der Waals surface area contributed by atoms with E-state index in [-0.39, 0.29) is 17.0 Å². The van der Waals surface area contributed by atoms with E-state index in [9.17, 15) is 14.4 Å². The minimum atomic E-state index is -0.757. The van der Waals surface area contributed by atoms with Gasteiger partial charge in [0.2, 0.25) is 0 Å². The molecule has 31 heavy (non-hydrogen) atoms. The van der Waals surface area contributed by atoms with Crippen LogP contribution in [0.2, 0.25) is 0 Å². The van der Waals surface area contributed by atoms with Gasteiger partial charge in [0.25, 0.3) is 0 Å². The Hall–Kier alpha value is -1.93. The van der Waals surface area contributed by atoms with Crippen molar-refractivity contribution < 1.29 is 19.5 Å². The van der Waals surface area contributed by atoms with Crippen LogP contribution in [0.25, 0.3) is 0 Å². The maximum Gasteiger partial charge on any atom is 0.308 e. The number of hydrogen-bond acceptors (Lipinski definition) is 5. The van der Waals surface area contributed by atoms with E-state index in [0.717, 1.165) is 10.2 Å². The van der Waals surface area contributed by atoms with Crippen molar-refractivity contribution in [2.24, 2.45) is 5.41 Å². The SMILES string of the molecule is CC(=O)c1cc(C(C)(C)C)cc(Br)n1.CC(=O)c1cccc(Br)n1.CC(C)(C)C(=O)O. The Kier molecular flexibility index (Phi) is 11.4. The first-order valence-corrected chi connectivity index (χ1v) is 11.1. The molecule has 2 aromatic heterocycles. The van der Waals surface area contributed by atoms with Gasteiger partial charge in [0.1, 0.15) is 20.6 Å². The molecule has 0 amide bonds. The topological polar surface area (TPSA) is 97.2 Å². The Balaban J connectivity index is 0.000000465. The predicted molar refractivity (Wildman–Crippen MR) is 130 cm³/mol. The number of hydrogen-bond donors (Lipinski definition) is 1. The van der Waals surface area contributed by atoms with Gasteiger partial charge >= 0.3 is 5.97 Å². The Morgan fingerprint density at radius 3 is 1.58 bits per heavy atom. The number of ketones is 2. The van der Waals surface area contributed by atoms with E-state index in [2.05, 4.69) is 62.6 Å². The third kappa shape index (κ3) is 11.9. The van der Waals surface area contributed by atoms with Crippen LogP contribution < -0.4 is 0 Å². The first-order valence-electron chi connectivity index (χ1n) is 9.51. The second-order valence-electron chi connectivity index (χ2n) is 8.83. The minimum Gasteiger partial charge on any atom is -0.481 e. The van der Waals surface area contributed by atoms with Gasteiger partial charge in [-0.3, -0.25) is 14.4 Å². The van der Waals surface area contributed by atoms with Gasteiger partial charge in [0.15, 0.2) is 11.6 Å². The number of pyridine rings is 2. The molecule has 0 spiro atoms. The fraction of sp³-hybridized carbons (Fsp3) is 0.435. The summed E-state index contributed by atoms with van der Waals surface area (Å²) in [6.45, 7) is 14.3. The van der Waals surface area contributed by atoms with Crippen LogP contribution >= 0.6 is 31.9 Å². The number of halogens is 2. The molecule has 0 saturated carbocycles. The lowest BCUT2D eigenvalue weighted by Gasteiger charge is -2.19. The molecule has 0 atom stereocenters. The van der Waals surface area contributed by atoms with Crippen LogP contribution in [0.5, 0.6) is 0 Å². The van der Waals surface area contributed by atoms with Crippen molar-refractivity contribution in [3.8, 4) is 0 Å². The van der Waals surface area contributed by atoms with Crippen molar-refractivity contribution in [1.29, 1.82) is 0 Å². The first kappa shape index (κ1) is 29.1. The molecule has 2 aromatic rings. The molecule has 170 valence electrons. The van der Waals surface area contributed by atoms with E-state index in [0.29, 0.717) is 16.0 Å². The summed E-state index contributed by atoms with van der Waals surface area (Å²) in [5, 5.41) is 8.25. The summed E-state index contributed by atoms with van der Waals surface area (Å²) in [7, 11) is 0. The molecule has 0 aliphatic rings. The lowest BCUT2D eigenvalue weighted by atomic mass is 9.87. The molecular formula is C23H30Br2N2O4. The van der Waals surface area contributed by atoms with Gasteiger partial charge in [-0.25, -0.2) is 9.97 Å². The van der Waals surface area contributed by atoms with Crippen molar-refractivity contribution in [3.63, 3.8) is 0 Å². The largest absolute Gasteiger partial charge is 0.481 e. The second kappa shape index (κ2) is 12.2. The molecule has 0 saturated heterocycles. The van der Waals surface area contributed by atoms with E-state index in [1.165, 1.54) is 13.8 Å². The molecule has 2 heterocycles. The zero-order chi connectivity index (χ0) is 24.6. The Morgan fingerprint density at radius 2 is 1.26 bits per heavy atom. The van der Waals surface area contributed by atoms with Crippen LogP contribution in [-0.2, 0) is 10.2 Å². The number of nitrogens with zero attached hydrogens (tertiary/aromatic N) is 2. The summed E-state index contributed by atoms with van der Waals surface area (Å²) < 4.78 is 1.41. The summed E-state index contributed by atoms with van der Waals surface area (Å²) in [5.74, 6) is -0.773. The van der Waals surface area contributed by atoms with Crippen molar-refractivity contribution >= 4 is 49.4 Å². The van der Waals surface area contributed by atoms with Gasteiger partial charge in [-0.15, -0.1) is 0 Å².